The Hall–Kier alpha value is -0.610. The Kier molecular flexibility index (Phi) is 5.22. The lowest BCUT2D eigenvalue weighted by molar-refractivity contribution is -0.133. The lowest BCUT2D eigenvalue weighted by atomic mass is 10.1. The summed E-state index contributed by atoms with van der Waals surface area (Å²) in [5, 5.41) is 0. The van der Waals surface area contributed by atoms with Gasteiger partial charge in [0.2, 0.25) is 5.91 Å². The third-order valence-electron chi connectivity index (χ3n) is 3.36. The summed E-state index contributed by atoms with van der Waals surface area (Å²) in [4.78, 5) is 16.2. The van der Waals surface area contributed by atoms with Crippen LogP contribution in [-0.2, 0) is 4.79 Å². The largest absolute Gasteiger partial charge is 0.340 e. The van der Waals surface area contributed by atoms with Crippen LogP contribution >= 0.6 is 0 Å². The maximum atomic E-state index is 11.9. The average molecular weight is 227 g/mol. The number of carbonyl (C=O) groups excluding carboxylic acids is 1. The van der Waals surface area contributed by atoms with Crippen LogP contribution in [-0.4, -0.2) is 54.5 Å². The molecule has 0 saturated carbocycles. The molecule has 1 aliphatic rings. The van der Waals surface area contributed by atoms with Crippen LogP contribution in [0.4, 0.5) is 0 Å². The fourth-order valence-electron chi connectivity index (χ4n) is 2.01. The molecule has 1 heterocycles. The lowest BCUT2D eigenvalue weighted by Gasteiger charge is -2.37. The van der Waals surface area contributed by atoms with Crippen LogP contribution in [0.2, 0.25) is 0 Å². The highest BCUT2D eigenvalue weighted by Gasteiger charge is 2.23. The van der Waals surface area contributed by atoms with Crippen LogP contribution in [0, 0.1) is 0 Å². The number of amides is 1. The fourth-order valence-corrected chi connectivity index (χ4v) is 2.01. The number of carbonyl (C=O) groups is 1. The first-order valence-corrected chi connectivity index (χ1v) is 6.24. The standard InChI is InChI=1S/C12H25N3O/c1-10(13)5-4-6-12(16)15-8-7-14(3)11(2)9-15/h10-11H,4-9,13H2,1-3H3. The van der Waals surface area contributed by atoms with Crippen molar-refractivity contribution in [1.82, 2.24) is 9.80 Å². The van der Waals surface area contributed by atoms with Crippen LogP contribution in [0.3, 0.4) is 0 Å². The molecule has 1 fully saturated rings. The fraction of sp³-hybridized carbons (Fsp3) is 0.917. The minimum Gasteiger partial charge on any atom is -0.340 e. The van der Waals surface area contributed by atoms with Gasteiger partial charge in [0, 0.05) is 38.1 Å². The normalized spacial score (nSPS) is 24.5. The summed E-state index contributed by atoms with van der Waals surface area (Å²) < 4.78 is 0. The molecule has 0 radical (unpaired) electrons. The van der Waals surface area contributed by atoms with Gasteiger partial charge in [0.05, 0.1) is 0 Å². The highest BCUT2D eigenvalue weighted by atomic mass is 16.2. The Morgan fingerprint density at radius 1 is 1.50 bits per heavy atom. The number of hydrogen-bond donors (Lipinski definition) is 1. The molecular weight excluding hydrogens is 202 g/mol. The van der Waals surface area contributed by atoms with Gasteiger partial charge in [-0.15, -0.1) is 0 Å². The SMILES string of the molecule is CC(N)CCCC(=O)N1CCN(C)C(C)C1. The van der Waals surface area contributed by atoms with E-state index in [0.29, 0.717) is 18.4 Å². The molecule has 1 amide bonds. The molecule has 2 atom stereocenters. The van der Waals surface area contributed by atoms with E-state index in [1.165, 1.54) is 0 Å². The van der Waals surface area contributed by atoms with E-state index in [9.17, 15) is 4.79 Å². The quantitative estimate of drug-likeness (QED) is 0.768. The van der Waals surface area contributed by atoms with E-state index >= 15 is 0 Å². The summed E-state index contributed by atoms with van der Waals surface area (Å²) in [6, 6.07) is 0.686. The van der Waals surface area contributed by atoms with Gasteiger partial charge in [-0.2, -0.15) is 0 Å². The number of nitrogens with zero attached hydrogens (tertiary/aromatic N) is 2. The van der Waals surface area contributed by atoms with Gasteiger partial charge in [-0.3, -0.25) is 4.79 Å². The predicted molar refractivity (Wildman–Crippen MR) is 66.2 cm³/mol. The number of piperazine rings is 1. The monoisotopic (exact) mass is 227 g/mol. The van der Waals surface area contributed by atoms with Gasteiger partial charge in [-0.1, -0.05) is 0 Å². The van der Waals surface area contributed by atoms with Crippen molar-refractivity contribution in [3.63, 3.8) is 0 Å². The minimum absolute atomic E-state index is 0.208. The van der Waals surface area contributed by atoms with E-state index in [0.717, 1.165) is 32.5 Å². The zero-order chi connectivity index (χ0) is 12.1. The Labute approximate surface area is 98.8 Å². The maximum absolute atomic E-state index is 11.9. The molecule has 1 aliphatic heterocycles. The van der Waals surface area contributed by atoms with Crippen LogP contribution in [0.1, 0.15) is 33.1 Å². The molecule has 0 bridgehead atoms. The predicted octanol–water partition coefficient (Wildman–Crippen LogP) is 0.666. The van der Waals surface area contributed by atoms with Gasteiger partial charge in [0.1, 0.15) is 0 Å². The molecule has 0 aromatic carbocycles. The summed E-state index contributed by atoms with van der Waals surface area (Å²) in [5.41, 5.74) is 5.67. The summed E-state index contributed by atoms with van der Waals surface area (Å²) >= 11 is 0. The van der Waals surface area contributed by atoms with Crippen molar-refractivity contribution in [3.05, 3.63) is 0 Å². The van der Waals surface area contributed by atoms with Gasteiger partial charge < -0.3 is 15.5 Å². The average Bonchev–Trinajstić information content (AvgIpc) is 2.21. The van der Waals surface area contributed by atoms with Crippen molar-refractivity contribution in [3.8, 4) is 0 Å². The Balaban J connectivity index is 2.26. The highest BCUT2D eigenvalue weighted by Crippen LogP contribution is 2.10. The van der Waals surface area contributed by atoms with Gasteiger partial charge in [-0.05, 0) is 33.7 Å². The maximum Gasteiger partial charge on any atom is 0.222 e. The Bertz CT molecular complexity index is 230. The van der Waals surface area contributed by atoms with Crippen molar-refractivity contribution in [2.75, 3.05) is 26.7 Å². The summed E-state index contributed by atoms with van der Waals surface area (Å²) in [6.45, 7) is 6.88. The molecule has 0 aliphatic carbocycles. The van der Waals surface area contributed by atoms with E-state index < -0.39 is 0 Å². The number of likely N-dealkylation sites (N-methyl/N-ethyl adjacent to an activating group) is 1. The van der Waals surface area contributed by atoms with Crippen molar-refractivity contribution in [2.24, 2.45) is 5.73 Å². The third kappa shape index (κ3) is 4.10. The second-order valence-corrected chi connectivity index (χ2v) is 5.04. The molecule has 0 aromatic rings. The first kappa shape index (κ1) is 13.5. The highest BCUT2D eigenvalue weighted by molar-refractivity contribution is 5.76. The zero-order valence-electron chi connectivity index (χ0n) is 10.8. The third-order valence-corrected chi connectivity index (χ3v) is 3.36. The van der Waals surface area contributed by atoms with Crippen LogP contribution in [0.15, 0.2) is 0 Å². The number of hydrogen-bond acceptors (Lipinski definition) is 3. The molecule has 4 heteroatoms. The molecule has 16 heavy (non-hydrogen) atoms. The number of nitrogens with two attached hydrogens (primary N) is 1. The summed E-state index contributed by atoms with van der Waals surface area (Å²) in [7, 11) is 2.11. The summed E-state index contributed by atoms with van der Waals surface area (Å²) in [5.74, 6) is 0.292. The molecule has 94 valence electrons. The topological polar surface area (TPSA) is 49.6 Å². The van der Waals surface area contributed by atoms with Gasteiger partial charge in [0.15, 0.2) is 0 Å². The van der Waals surface area contributed by atoms with E-state index in [1.807, 2.05) is 11.8 Å². The Morgan fingerprint density at radius 3 is 2.75 bits per heavy atom. The molecule has 2 N–H and O–H groups in total. The number of rotatable bonds is 4. The molecule has 1 saturated heterocycles. The van der Waals surface area contributed by atoms with E-state index in [2.05, 4.69) is 18.9 Å². The lowest BCUT2D eigenvalue weighted by Crippen LogP contribution is -2.51. The minimum atomic E-state index is 0.208. The zero-order valence-corrected chi connectivity index (χ0v) is 10.8. The Morgan fingerprint density at radius 2 is 2.19 bits per heavy atom. The van der Waals surface area contributed by atoms with E-state index in [4.69, 9.17) is 5.73 Å². The second-order valence-electron chi connectivity index (χ2n) is 5.04. The second kappa shape index (κ2) is 6.21. The van der Waals surface area contributed by atoms with Crippen molar-refractivity contribution in [1.29, 1.82) is 0 Å². The van der Waals surface area contributed by atoms with E-state index in [-0.39, 0.29) is 6.04 Å². The van der Waals surface area contributed by atoms with Gasteiger partial charge in [0.25, 0.3) is 0 Å². The van der Waals surface area contributed by atoms with Crippen LogP contribution < -0.4 is 5.73 Å². The van der Waals surface area contributed by atoms with Crippen LogP contribution in [0.5, 0.6) is 0 Å². The van der Waals surface area contributed by atoms with Gasteiger partial charge >= 0.3 is 0 Å². The molecule has 4 nitrogen and oxygen atoms in total. The van der Waals surface area contributed by atoms with Crippen molar-refractivity contribution < 1.29 is 4.79 Å². The smallest absolute Gasteiger partial charge is 0.222 e. The van der Waals surface area contributed by atoms with Crippen LogP contribution in [0.25, 0.3) is 0 Å². The van der Waals surface area contributed by atoms with Crippen molar-refractivity contribution in [2.45, 2.75) is 45.2 Å². The first-order valence-electron chi connectivity index (χ1n) is 6.24. The van der Waals surface area contributed by atoms with Crippen molar-refractivity contribution >= 4 is 5.91 Å². The van der Waals surface area contributed by atoms with E-state index in [1.54, 1.807) is 0 Å². The first-order chi connectivity index (χ1) is 7.50. The summed E-state index contributed by atoms with van der Waals surface area (Å²) in [6.07, 6.45) is 2.50. The van der Waals surface area contributed by atoms with Gasteiger partial charge in [-0.25, -0.2) is 0 Å². The molecular formula is C12H25N3O. The molecule has 1 rings (SSSR count). The molecule has 0 aromatic heterocycles. The molecule has 2 unspecified atom stereocenters. The molecule has 0 spiro atoms.